The van der Waals surface area contributed by atoms with E-state index in [-0.39, 0.29) is 12.5 Å². The minimum atomic E-state index is -0.539. The monoisotopic (exact) mass is 609 g/mol. The van der Waals surface area contributed by atoms with Gasteiger partial charge >= 0.3 is 6.09 Å². The predicted molar refractivity (Wildman–Crippen MR) is 184 cm³/mol. The van der Waals surface area contributed by atoms with Crippen molar-refractivity contribution in [2.24, 2.45) is 0 Å². The molecule has 0 bridgehead atoms. The third-order valence-electron chi connectivity index (χ3n) is 7.65. The molecule has 1 aliphatic carbocycles. The Labute approximate surface area is 268 Å². The molecule has 3 N–H and O–H groups in total. The van der Waals surface area contributed by atoms with Crippen LogP contribution < -0.4 is 16.0 Å². The van der Waals surface area contributed by atoms with Crippen molar-refractivity contribution in [2.45, 2.75) is 12.5 Å². The molecular formula is C38H35N5O3. The molecule has 0 spiro atoms. The highest BCUT2D eigenvalue weighted by Gasteiger charge is 2.29. The first-order valence-electron chi connectivity index (χ1n) is 15.1. The van der Waals surface area contributed by atoms with Gasteiger partial charge in [0.1, 0.15) is 6.61 Å². The molecule has 230 valence electrons. The Morgan fingerprint density at radius 1 is 0.913 bits per heavy atom. The van der Waals surface area contributed by atoms with Gasteiger partial charge in [-0.2, -0.15) is 0 Å². The van der Waals surface area contributed by atoms with E-state index in [1.165, 1.54) is 11.1 Å². The molecule has 1 heterocycles. The first kappa shape index (κ1) is 30.3. The molecule has 8 nitrogen and oxygen atoms in total. The Morgan fingerprint density at radius 3 is 2.35 bits per heavy atom. The fourth-order valence-corrected chi connectivity index (χ4v) is 5.59. The average molecular weight is 610 g/mol. The summed E-state index contributed by atoms with van der Waals surface area (Å²) in [4.78, 5) is 22.2. The zero-order chi connectivity index (χ0) is 31.7. The van der Waals surface area contributed by atoms with Crippen LogP contribution in [0.2, 0.25) is 0 Å². The number of hydrogen-bond donors (Lipinski definition) is 3. The Balaban J connectivity index is 1.17. The third-order valence-corrected chi connectivity index (χ3v) is 7.65. The molecule has 0 saturated carbocycles. The maximum atomic E-state index is 13.1. The largest absolute Gasteiger partial charge is 0.448 e. The second-order valence-corrected chi connectivity index (χ2v) is 10.8. The molecule has 0 unspecified atom stereocenters. The second kappa shape index (κ2) is 14.4. The van der Waals surface area contributed by atoms with Crippen LogP contribution in [0.1, 0.15) is 28.2 Å². The smallest absolute Gasteiger partial charge is 0.411 e. The Morgan fingerprint density at radius 2 is 1.63 bits per heavy atom. The fourth-order valence-electron chi connectivity index (χ4n) is 5.59. The Hall–Kier alpha value is -5.73. The number of hydrogen-bond acceptors (Lipinski definition) is 7. The molecule has 1 aliphatic rings. The summed E-state index contributed by atoms with van der Waals surface area (Å²) in [6, 6.07) is 32.1. The lowest BCUT2D eigenvalue weighted by Gasteiger charge is -2.16. The van der Waals surface area contributed by atoms with Gasteiger partial charge in [0.25, 0.3) is 0 Å². The van der Waals surface area contributed by atoms with Crippen LogP contribution in [0, 0.1) is 0 Å². The van der Waals surface area contributed by atoms with Crippen LogP contribution in [0.15, 0.2) is 122 Å². The van der Waals surface area contributed by atoms with Crippen LogP contribution >= 0.6 is 0 Å². The van der Waals surface area contributed by atoms with E-state index in [0.717, 1.165) is 33.5 Å². The predicted octanol–water partition coefficient (Wildman–Crippen LogP) is 8.14. The van der Waals surface area contributed by atoms with Gasteiger partial charge < -0.3 is 20.1 Å². The van der Waals surface area contributed by atoms with Crippen molar-refractivity contribution in [2.75, 3.05) is 30.9 Å². The molecule has 0 fully saturated rings. The lowest BCUT2D eigenvalue weighted by atomic mass is 9.98. The molecule has 0 radical (unpaired) electrons. The van der Waals surface area contributed by atoms with Crippen molar-refractivity contribution in [3.63, 3.8) is 0 Å². The first-order valence-corrected chi connectivity index (χ1v) is 15.1. The van der Waals surface area contributed by atoms with Crippen LogP contribution in [0.3, 0.4) is 0 Å². The molecule has 0 aliphatic heterocycles. The van der Waals surface area contributed by atoms with Crippen LogP contribution in [-0.2, 0) is 16.1 Å². The molecule has 46 heavy (non-hydrogen) atoms. The van der Waals surface area contributed by atoms with Gasteiger partial charge in [0.05, 0.1) is 18.9 Å². The molecule has 6 rings (SSSR count). The number of anilines is 3. The lowest BCUT2D eigenvalue weighted by Crippen LogP contribution is -2.18. The van der Waals surface area contributed by atoms with Gasteiger partial charge in [-0.05, 0) is 69.9 Å². The van der Waals surface area contributed by atoms with E-state index >= 15 is 0 Å². The first-order chi connectivity index (χ1) is 22.6. The van der Waals surface area contributed by atoms with Gasteiger partial charge in [0.15, 0.2) is 0 Å². The Kier molecular flexibility index (Phi) is 9.46. The number of nitrogens with zero attached hydrogens (tertiary/aromatic N) is 2. The van der Waals surface area contributed by atoms with Crippen LogP contribution in [0.4, 0.5) is 22.1 Å². The van der Waals surface area contributed by atoms with Gasteiger partial charge in [-0.1, -0.05) is 78.9 Å². The van der Waals surface area contributed by atoms with E-state index in [9.17, 15) is 4.79 Å². The van der Waals surface area contributed by atoms with Gasteiger partial charge in [0.2, 0.25) is 5.95 Å². The van der Waals surface area contributed by atoms with E-state index in [1.807, 2.05) is 92.1 Å². The number of ether oxygens (including phenoxy) is 2. The van der Waals surface area contributed by atoms with Crippen molar-refractivity contribution in [1.82, 2.24) is 15.3 Å². The number of amides is 1. The summed E-state index contributed by atoms with van der Waals surface area (Å²) in [5, 5.41) is 9.19. The SMILES string of the molecule is C=CCOCc1cc(NC(=O)OCC2c3ccccc3-c3ccccc32)cc(Nc2nccc(-c3ccc(/C=C\NC)cc3)n2)c1. The molecule has 1 amide bonds. The summed E-state index contributed by atoms with van der Waals surface area (Å²) < 4.78 is 11.5. The van der Waals surface area contributed by atoms with Crippen LogP contribution in [-0.4, -0.2) is 36.3 Å². The van der Waals surface area contributed by atoms with E-state index in [4.69, 9.17) is 14.5 Å². The summed E-state index contributed by atoms with van der Waals surface area (Å²) >= 11 is 0. The molecule has 0 saturated heterocycles. The topological polar surface area (TPSA) is 97.4 Å². The maximum absolute atomic E-state index is 13.1. The zero-order valence-corrected chi connectivity index (χ0v) is 25.6. The van der Waals surface area contributed by atoms with Crippen molar-refractivity contribution < 1.29 is 14.3 Å². The van der Waals surface area contributed by atoms with Gasteiger partial charge in [-0.25, -0.2) is 14.8 Å². The number of aromatic nitrogens is 2. The summed E-state index contributed by atoms with van der Waals surface area (Å²) in [5.74, 6) is 0.396. The summed E-state index contributed by atoms with van der Waals surface area (Å²) in [5.41, 5.74) is 9.61. The molecule has 4 aromatic carbocycles. The minimum absolute atomic E-state index is 0.0283. The average Bonchev–Trinajstić information content (AvgIpc) is 3.40. The fraction of sp³-hybridized carbons (Fsp3) is 0.132. The van der Waals surface area contributed by atoms with Crippen molar-refractivity contribution >= 4 is 29.5 Å². The molecule has 1 aromatic heterocycles. The lowest BCUT2D eigenvalue weighted by molar-refractivity contribution is 0.149. The maximum Gasteiger partial charge on any atom is 0.411 e. The van der Waals surface area contributed by atoms with E-state index in [0.29, 0.717) is 30.5 Å². The highest BCUT2D eigenvalue weighted by molar-refractivity contribution is 5.86. The summed E-state index contributed by atoms with van der Waals surface area (Å²) in [6.45, 7) is 4.68. The minimum Gasteiger partial charge on any atom is -0.448 e. The number of carbonyl (C=O) groups is 1. The zero-order valence-electron chi connectivity index (χ0n) is 25.6. The number of benzene rings is 4. The molecule has 8 heteroatoms. The number of fused-ring (bicyclic) bond motifs is 3. The number of nitrogens with one attached hydrogen (secondary N) is 3. The highest BCUT2D eigenvalue weighted by Crippen LogP contribution is 2.44. The van der Waals surface area contributed by atoms with E-state index in [2.05, 4.69) is 51.8 Å². The molecular weight excluding hydrogens is 574 g/mol. The van der Waals surface area contributed by atoms with Gasteiger partial charge in [-0.15, -0.1) is 6.58 Å². The quantitative estimate of drug-likeness (QED) is 0.0970. The Bertz CT molecular complexity index is 1820. The van der Waals surface area contributed by atoms with E-state index in [1.54, 1.807) is 12.3 Å². The van der Waals surface area contributed by atoms with Crippen LogP contribution in [0.25, 0.3) is 28.5 Å². The van der Waals surface area contributed by atoms with Gasteiger partial charge in [0, 0.05) is 36.1 Å². The van der Waals surface area contributed by atoms with E-state index < -0.39 is 6.09 Å². The highest BCUT2D eigenvalue weighted by atomic mass is 16.5. The van der Waals surface area contributed by atoms with Gasteiger partial charge in [-0.3, -0.25) is 5.32 Å². The summed E-state index contributed by atoms with van der Waals surface area (Å²) in [7, 11) is 1.87. The molecule has 5 aromatic rings. The standard InChI is InChI=1S/C38H35N5O3/c1-3-20-45-24-27-21-29(41-37-40-19-17-36(43-37)28-14-12-26(13-15-28)16-18-39-2)23-30(22-27)42-38(44)46-25-35-33-10-6-4-8-31(33)32-9-5-7-11-34(32)35/h3-19,21-23,35,39H,1,20,24-25H2,2H3,(H,42,44)(H,40,41,43)/b18-16-. The number of rotatable bonds is 12. The van der Waals surface area contributed by atoms with Crippen molar-refractivity contribution in [1.29, 1.82) is 0 Å². The normalized spacial score (nSPS) is 11.9. The second-order valence-electron chi connectivity index (χ2n) is 10.8. The molecule has 0 atom stereocenters. The summed E-state index contributed by atoms with van der Waals surface area (Å²) in [6.07, 6.45) is 6.75. The van der Waals surface area contributed by atoms with Crippen molar-refractivity contribution in [3.05, 3.63) is 144 Å². The van der Waals surface area contributed by atoms with Crippen molar-refractivity contribution in [3.8, 4) is 22.4 Å². The van der Waals surface area contributed by atoms with Crippen LogP contribution in [0.5, 0.6) is 0 Å². The number of carbonyl (C=O) groups excluding carboxylic acids is 1. The third kappa shape index (κ3) is 7.14.